The van der Waals surface area contributed by atoms with Gasteiger partial charge in [-0.1, -0.05) is 0 Å². The van der Waals surface area contributed by atoms with Crippen LogP contribution in [0.4, 0.5) is 11.4 Å². The summed E-state index contributed by atoms with van der Waals surface area (Å²) in [5, 5.41) is 22.4. The van der Waals surface area contributed by atoms with Gasteiger partial charge in [0, 0.05) is 24.8 Å². The highest BCUT2D eigenvalue weighted by atomic mass is 32.2. The lowest BCUT2D eigenvalue weighted by Crippen LogP contribution is -2.17. The Balaban J connectivity index is 3.02. The van der Waals surface area contributed by atoms with Crippen molar-refractivity contribution in [3.63, 3.8) is 0 Å². The van der Waals surface area contributed by atoms with Crippen LogP contribution in [0.3, 0.4) is 0 Å². The average Bonchev–Trinajstić information content (AvgIpc) is 2.35. The Kier molecular flexibility index (Phi) is 5.25. The number of nitrogens with zero attached hydrogens (tertiary/aromatic N) is 1. The van der Waals surface area contributed by atoms with E-state index in [1.54, 1.807) is 6.92 Å². The number of nitro groups is 1. The number of rotatable bonds is 7. The molecule has 8 nitrogen and oxygen atoms in total. The van der Waals surface area contributed by atoms with Gasteiger partial charge in [-0.15, -0.1) is 0 Å². The molecule has 0 saturated heterocycles. The predicted molar refractivity (Wildman–Crippen MR) is 76.2 cm³/mol. The maximum absolute atomic E-state index is 11.4. The molecule has 0 aromatic heterocycles. The summed E-state index contributed by atoms with van der Waals surface area (Å²) >= 11 is 0. The molecule has 2 N–H and O–H groups in total. The molecule has 0 aliphatic rings. The minimum atomic E-state index is -3.54. The molecule has 1 aromatic rings. The molecule has 0 heterocycles. The Bertz CT molecular complexity index is 656. The Hall–Kier alpha value is -2.16. The fraction of sp³-hybridized carbons (Fsp3) is 0.417. The number of carboxylic acid groups (broad SMARTS) is 1. The van der Waals surface area contributed by atoms with E-state index in [2.05, 4.69) is 5.32 Å². The van der Waals surface area contributed by atoms with Crippen LogP contribution in [0.5, 0.6) is 0 Å². The standard InChI is InChI=1S/C12H16N2O6S/c1-8(3-6-12(15)16)13-10-5-4-9(21(2,19)20)7-11(10)14(17)18/h4-5,7-8,13H,3,6H2,1-2H3,(H,15,16). The SMILES string of the molecule is CC(CCC(=O)O)Nc1ccc(S(C)(=O)=O)cc1[N+](=O)[O-]. The summed E-state index contributed by atoms with van der Waals surface area (Å²) < 4.78 is 22.8. The van der Waals surface area contributed by atoms with Crippen molar-refractivity contribution < 1.29 is 23.2 Å². The number of benzene rings is 1. The third-order valence-corrected chi connectivity index (χ3v) is 3.90. The Morgan fingerprint density at radius 2 is 2.10 bits per heavy atom. The van der Waals surface area contributed by atoms with Gasteiger partial charge in [0.1, 0.15) is 5.69 Å². The summed E-state index contributed by atoms with van der Waals surface area (Å²) in [5.74, 6) is -0.953. The first-order valence-electron chi connectivity index (χ1n) is 6.08. The molecule has 21 heavy (non-hydrogen) atoms. The smallest absolute Gasteiger partial charge is 0.303 e. The molecule has 0 amide bonds. The van der Waals surface area contributed by atoms with E-state index in [0.29, 0.717) is 6.42 Å². The highest BCUT2D eigenvalue weighted by Gasteiger charge is 2.19. The maximum atomic E-state index is 11.4. The fourth-order valence-electron chi connectivity index (χ4n) is 1.69. The van der Waals surface area contributed by atoms with Gasteiger partial charge in [0.15, 0.2) is 9.84 Å². The van der Waals surface area contributed by atoms with Gasteiger partial charge in [0.2, 0.25) is 0 Å². The molecule has 9 heteroatoms. The molecule has 0 aliphatic carbocycles. The van der Waals surface area contributed by atoms with Crippen molar-refractivity contribution in [1.82, 2.24) is 0 Å². The second-order valence-electron chi connectivity index (χ2n) is 4.69. The summed E-state index contributed by atoms with van der Waals surface area (Å²) in [6.45, 7) is 1.69. The Morgan fingerprint density at radius 3 is 2.57 bits per heavy atom. The molecule has 1 unspecified atom stereocenters. The molecule has 0 saturated carbocycles. The highest BCUT2D eigenvalue weighted by molar-refractivity contribution is 7.90. The Morgan fingerprint density at radius 1 is 1.48 bits per heavy atom. The van der Waals surface area contributed by atoms with Gasteiger partial charge in [-0.3, -0.25) is 14.9 Å². The fourth-order valence-corrected chi connectivity index (χ4v) is 2.33. The van der Waals surface area contributed by atoms with Crippen molar-refractivity contribution in [2.24, 2.45) is 0 Å². The van der Waals surface area contributed by atoms with E-state index < -0.39 is 20.7 Å². The third-order valence-electron chi connectivity index (χ3n) is 2.79. The summed E-state index contributed by atoms with van der Waals surface area (Å²) in [4.78, 5) is 20.7. The monoisotopic (exact) mass is 316 g/mol. The zero-order valence-corrected chi connectivity index (χ0v) is 12.4. The van der Waals surface area contributed by atoms with Gasteiger partial charge >= 0.3 is 5.97 Å². The number of aliphatic carboxylic acids is 1. The van der Waals surface area contributed by atoms with Gasteiger partial charge < -0.3 is 10.4 Å². The van der Waals surface area contributed by atoms with Crippen molar-refractivity contribution in [2.75, 3.05) is 11.6 Å². The molecule has 0 radical (unpaired) electrons. The lowest BCUT2D eigenvalue weighted by Gasteiger charge is -2.14. The van der Waals surface area contributed by atoms with Crippen LogP contribution in [0.1, 0.15) is 19.8 Å². The first-order chi connectivity index (χ1) is 9.61. The lowest BCUT2D eigenvalue weighted by atomic mass is 10.1. The number of carbonyl (C=O) groups is 1. The van der Waals surface area contributed by atoms with Crippen LogP contribution in [0.15, 0.2) is 23.1 Å². The topological polar surface area (TPSA) is 127 Å². The summed E-state index contributed by atoms with van der Waals surface area (Å²) in [5.41, 5.74) is -0.203. The average molecular weight is 316 g/mol. The zero-order chi connectivity index (χ0) is 16.2. The zero-order valence-electron chi connectivity index (χ0n) is 11.6. The molecule has 1 aromatic carbocycles. The predicted octanol–water partition coefficient (Wildman–Crippen LogP) is 1.66. The van der Waals surface area contributed by atoms with Gasteiger partial charge in [0.25, 0.3) is 5.69 Å². The molecule has 0 bridgehead atoms. The number of nitro benzene ring substituents is 1. The molecule has 1 atom stereocenters. The van der Waals surface area contributed by atoms with E-state index in [9.17, 15) is 23.3 Å². The number of anilines is 1. The number of sulfone groups is 1. The molecule has 116 valence electrons. The molecule has 0 aliphatic heterocycles. The largest absolute Gasteiger partial charge is 0.481 e. The van der Waals surface area contributed by atoms with Gasteiger partial charge in [-0.05, 0) is 25.5 Å². The van der Waals surface area contributed by atoms with E-state index in [0.717, 1.165) is 12.3 Å². The lowest BCUT2D eigenvalue weighted by molar-refractivity contribution is -0.384. The van der Waals surface area contributed by atoms with Crippen LogP contribution in [0, 0.1) is 10.1 Å². The molecular weight excluding hydrogens is 300 g/mol. The van der Waals surface area contributed by atoms with Crippen molar-refractivity contribution in [2.45, 2.75) is 30.7 Å². The second kappa shape index (κ2) is 6.53. The number of hydrogen-bond acceptors (Lipinski definition) is 6. The van der Waals surface area contributed by atoms with Crippen LogP contribution < -0.4 is 5.32 Å². The van der Waals surface area contributed by atoms with Crippen molar-refractivity contribution in [3.05, 3.63) is 28.3 Å². The number of nitrogens with one attached hydrogen (secondary N) is 1. The van der Waals surface area contributed by atoms with E-state index >= 15 is 0 Å². The molecule has 0 fully saturated rings. The molecule has 0 spiro atoms. The minimum absolute atomic E-state index is 0.0661. The molecular formula is C12H16N2O6S. The number of hydrogen-bond donors (Lipinski definition) is 2. The van der Waals surface area contributed by atoms with E-state index in [4.69, 9.17) is 5.11 Å². The normalized spacial score (nSPS) is 12.7. The van der Waals surface area contributed by atoms with Gasteiger partial charge in [0.05, 0.1) is 9.82 Å². The maximum Gasteiger partial charge on any atom is 0.303 e. The number of carboxylic acids is 1. The van der Waals surface area contributed by atoms with E-state index in [1.807, 2.05) is 0 Å². The summed E-state index contributed by atoms with van der Waals surface area (Å²) in [7, 11) is -3.54. The van der Waals surface area contributed by atoms with Gasteiger partial charge in [-0.2, -0.15) is 0 Å². The minimum Gasteiger partial charge on any atom is -0.481 e. The van der Waals surface area contributed by atoms with Crippen LogP contribution in [0.2, 0.25) is 0 Å². The van der Waals surface area contributed by atoms with Crippen LogP contribution >= 0.6 is 0 Å². The summed E-state index contributed by atoms with van der Waals surface area (Å²) in [6, 6.07) is 3.27. The highest BCUT2D eigenvalue weighted by Crippen LogP contribution is 2.28. The first kappa shape index (κ1) is 16.9. The van der Waals surface area contributed by atoms with Crippen LogP contribution in [-0.4, -0.2) is 36.7 Å². The van der Waals surface area contributed by atoms with Gasteiger partial charge in [-0.25, -0.2) is 8.42 Å². The second-order valence-corrected chi connectivity index (χ2v) is 6.70. The molecule has 1 rings (SSSR count). The van der Waals surface area contributed by atoms with Crippen molar-refractivity contribution in [1.29, 1.82) is 0 Å². The summed E-state index contributed by atoms with van der Waals surface area (Å²) in [6.07, 6.45) is 1.19. The van der Waals surface area contributed by atoms with E-state index in [1.165, 1.54) is 12.1 Å². The van der Waals surface area contributed by atoms with Crippen LogP contribution in [0.25, 0.3) is 0 Å². The Labute approximate surface area is 121 Å². The van der Waals surface area contributed by atoms with Crippen molar-refractivity contribution in [3.8, 4) is 0 Å². The first-order valence-corrected chi connectivity index (χ1v) is 7.97. The van der Waals surface area contributed by atoms with Crippen molar-refractivity contribution >= 4 is 27.2 Å². The third kappa shape index (κ3) is 5.03. The quantitative estimate of drug-likeness (QED) is 0.578. The van der Waals surface area contributed by atoms with E-state index in [-0.39, 0.29) is 28.7 Å². The van der Waals surface area contributed by atoms with Crippen LogP contribution in [-0.2, 0) is 14.6 Å².